The van der Waals surface area contributed by atoms with E-state index in [2.05, 4.69) is 35.8 Å². The third-order valence-electron chi connectivity index (χ3n) is 7.59. The van der Waals surface area contributed by atoms with Crippen LogP contribution < -0.4 is 48.3 Å². The fourth-order valence-corrected chi connectivity index (χ4v) is 4.94. The number of benzene rings is 2. The van der Waals surface area contributed by atoms with Gasteiger partial charge in [-0.05, 0) is 70.0 Å². The molecule has 2 aromatic carbocycles. The Labute approximate surface area is 302 Å². The van der Waals surface area contributed by atoms with Crippen LogP contribution in [-0.2, 0) is 16.7 Å². The van der Waals surface area contributed by atoms with Gasteiger partial charge in [0.1, 0.15) is 11.6 Å². The minimum atomic E-state index is -0.307. The molecule has 0 bridgehead atoms. The lowest BCUT2D eigenvalue weighted by Gasteiger charge is -2.29. The van der Waals surface area contributed by atoms with E-state index in [-0.39, 0.29) is 28.5 Å². The third kappa shape index (κ3) is 14.6. The fraction of sp³-hybridized carbons (Fsp3) is 0.514. The maximum absolute atomic E-state index is 12.4. The van der Waals surface area contributed by atoms with Gasteiger partial charge in [0.15, 0.2) is 5.96 Å². The van der Waals surface area contributed by atoms with Crippen molar-refractivity contribution in [1.29, 1.82) is 0 Å². The van der Waals surface area contributed by atoms with E-state index < -0.39 is 0 Å². The highest BCUT2D eigenvalue weighted by Gasteiger charge is 2.19. The summed E-state index contributed by atoms with van der Waals surface area (Å²) in [6.07, 6.45) is 3.28. The molecule has 14 nitrogen and oxygen atoms in total. The lowest BCUT2D eigenvalue weighted by atomic mass is 9.95. The highest BCUT2D eigenvalue weighted by molar-refractivity contribution is 5.91. The Bertz CT molecular complexity index is 1600. The lowest BCUT2D eigenvalue weighted by Crippen LogP contribution is -2.43. The van der Waals surface area contributed by atoms with E-state index in [9.17, 15) is 9.59 Å². The van der Waals surface area contributed by atoms with E-state index in [1.54, 1.807) is 6.20 Å². The van der Waals surface area contributed by atoms with Crippen LogP contribution in [0.2, 0.25) is 0 Å². The Kier molecular flexibility index (Phi) is 15.7. The van der Waals surface area contributed by atoms with Crippen molar-refractivity contribution in [3.05, 3.63) is 70.4 Å². The highest BCUT2D eigenvalue weighted by atomic mass is 16.5. The van der Waals surface area contributed by atoms with Gasteiger partial charge in [-0.3, -0.25) is 9.79 Å². The summed E-state index contributed by atoms with van der Waals surface area (Å²) in [5.41, 5.74) is 19.8. The molecule has 2 amide bonds. The summed E-state index contributed by atoms with van der Waals surface area (Å²) in [6.45, 7) is 18.3. The zero-order valence-electron chi connectivity index (χ0n) is 31.1. The standard InChI is InChI=1S/C19H28N6O.C18H30N4O3/c1-19(2,3)17-24-12-15(16(26)25-17)14-7-5-13(6-8-14)11-22-9-4-10-23-18(20)21;1-18(2,3)21-17(23)20-15-6-5-14(22-8-11-24-12-9-22)13-16(15)25-10-4-7-19/h5-8,12,22H,4,9-11H2,1-3H3,(H4,20,21,23)(H,24,25,26);5-6,13H,4,7-12,19H2,1-3H3,(H2,20,21,23). The first kappa shape index (κ1) is 40.8. The van der Waals surface area contributed by atoms with E-state index >= 15 is 0 Å². The molecule has 1 fully saturated rings. The van der Waals surface area contributed by atoms with E-state index in [0.717, 1.165) is 69.0 Å². The van der Waals surface area contributed by atoms with Crippen molar-refractivity contribution in [2.75, 3.05) is 62.8 Å². The normalized spacial score (nSPS) is 13.1. The van der Waals surface area contributed by atoms with Gasteiger partial charge in [0, 0.05) is 55.1 Å². The number of aliphatic imine (C=N–C) groups is 1. The molecular formula is C37H58N10O4. The monoisotopic (exact) mass is 706 g/mol. The van der Waals surface area contributed by atoms with Gasteiger partial charge >= 0.3 is 6.03 Å². The average molecular weight is 707 g/mol. The molecule has 0 radical (unpaired) electrons. The number of hydrogen-bond acceptors (Lipinski definition) is 9. The molecule has 0 saturated carbocycles. The predicted octanol–water partition coefficient (Wildman–Crippen LogP) is 3.66. The van der Waals surface area contributed by atoms with Crippen LogP contribution in [0.5, 0.6) is 5.75 Å². The number of aromatic nitrogens is 2. The number of amides is 2. The Balaban J connectivity index is 0.000000276. The lowest BCUT2D eigenvalue weighted by molar-refractivity contribution is 0.122. The van der Waals surface area contributed by atoms with E-state index in [4.69, 9.17) is 26.7 Å². The van der Waals surface area contributed by atoms with Crippen LogP contribution >= 0.6 is 0 Å². The van der Waals surface area contributed by atoms with Crippen molar-refractivity contribution >= 4 is 23.4 Å². The molecule has 4 rings (SSSR count). The van der Waals surface area contributed by atoms with Crippen molar-refractivity contribution < 1.29 is 14.3 Å². The Morgan fingerprint density at radius 1 is 1.04 bits per heavy atom. The molecule has 2 heterocycles. The fourth-order valence-electron chi connectivity index (χ4n) is 4.94. The Hall–Kier alpha value is -4.66. The first-order valence-corrected chi connectivity index (χ1v) is 17.5. The summed E-state index contributed by atoms with van der Waals surface area (Å²) in [7, 11) is 0. The zero-order chi connectivity index (χ0) is 37.4. The maximum Gasteiger partial charge on any atom is 0.319 e. The molecular weight excluding hydrogens is 648 g/mol. The number of nitrogens with zero attached hydrogens (tertiary/aromatic N) is 3. The van der Waals surface area contributed by atoms with Crippen LogP contribution in [0.25, 0.3) is 11.1 Å². The summed E-state index contributed by atoms with van der Waals surface area (Å²) in [6, 6.07) is 13.5. The Morgan fingerprint density at radius 3 is 2.35 bits per heavy atom. The largest absolute Gasteiger partial charge is 0.491 e. The average Bonchev–Trinajstić information content (AvgIpc) is 3.07. The third-order valence-corrected chi connectivity index (χ3v) is 7.59. The van der Waals surface area contributed by atoms with Crippen LogP contribution in [0, 0.1) is 0 Å². The van der Waals surface area contributed by atoms with Gasteiger partial charge in [0.2, 0.25) is 0 Å². The van der Waals surface area contributed by atoms with Gasteiger partial charge in [-0.2, -0.15) is 0 Å². The molecule has 1 aliphatic heterocycles. The van der Waals surface area contributed by atoms with Crippen LogP contribution in [0.4, 0.5) is 16.2 Å². The van der Waals surface area contributed by atoms with Crippen molar-refractivity contribution in [2.24, 2.45) is 22.2 Å². The number of urea groups is 1. The van der Waals surface area contributed by atoms with Gasteiger partial charge < -0.3 is 52.5 Å². The minimum absolute atomic E-state index is 0.115. The molecule has 1 aromatic heterocycles. The number of rotatable bonds is 13. The molecule has 0 atom stereocenters. The van der Waals surface area contributed by atoms with Gasteiger partial charge in [-0.25, -0.2) is 9.78 Å². The summed E-state index contributed by atoms with van der Waals surface area (Å²) in [4.78, 5) is 38.0. The number of guanidine groups is 1. The predicted molar refractivity (Wildman–Crippen MR) is 207 cm³/mol. The molecule has 14 heteroatoms. The minimum Gasteiger partial charge on any atom is -0.491 e. The van der Waals surface area contributed by atoms with E-state index in [1.165, 1.54) is 0 Å². The first-order valence-electron chi connectivity index (χ1n) is 17.5. The summed E-state index contributed by atoms with van der Waals surface area (Å²) < 4.78 is 11.3. The molecule has 1 saturated heterocycles. The van der Waals surface area contributed by atoms with Gasteiger partial charge in [0.05, 0.1) is 31.1 Å². The molecule has 0 unspecified atom stereocenters. The molecule has 0 spiro atoms. The molecule has 51 heavy (non-hydrogen) atoms. The van der Waals surface area contributed by atoms with Crippen LogP contribution in [-0.4, -0.2) is 80.0 Å². The number of nitrogens with one attached hydrogen (secondary N) is 4. The molecule has 0 aliphatic carbocycles. The van der Waals surface area contributed by atoms with Crippen molar-refractivity contribution in [3.63, 3.8) is 0 Å². The summed E-state index contributed by atoms with van der Waals surface area (Å²) >= 11 is 0. The number of ether oxygens (including phenoxy) is 2. The number of carbonyl (C=O) groups is 1. The van der Waals surface area contributed by atoms with Crippen molar-refractivity contribution in [1.82, 2.24) is 20.6 Å². The van der Waals surface area contributed by atoms with Gasteiger partial charge in [-0.15, -0.1) is 0 Å². The van der Waals surface area contributed by atoms with Gasteiger partial charge in [-0.1, -0.05) is 45.0 Å². The number of aromatic amines is 1. The quantitative estimate of drug-likeness (QED) is 0.0779. The SMILES string of the molecule is CC(C)(C)NC(=O)Nc1ccc(N2CCOCC2)cc1OCCCN.CC(C)(C)c1ncc(-c2ccc(CNCCCN=C(N)N)cc2)c(=O)[nH]1. The Morgan fingerprint density at radius 2 is 1.75 bits per heavy atom. The van der Waals surface area contributed by atoms with Crippen LogP contribution in [0.1, 0.15) is 65.8 Å². The van der Waals surface area contributed by atoms with E-state index in [0.29, 0.717) is 42.5 Å². The smallest absolute Gasteiger partial charge is 0.319 e. The first-order chi connectivity index (χ1) is 24.2. The van der Waals surface area contributed by atoms with Crippen molar-refractivity contribution in [3.8, 4) is 16.9 Å². The second-order valence-electron chi connectivity index (χ2n) is 14.4. The number of morpholine rings is 1. The maximum atomic E-state index is 12.4. The molecule has 3 aromatic rings. The molecule has 10 N–H and O–H groups in total. The number of nitrogens with two attached hydrogens (primary N) is 3. The topological polar surface area (TPSA) is 211 Å². The van der Waals surface area contributed by atoms with Crippen LogP contribution in [0.15, 0.2) is 58.4 Å². The summed E-state index contributed by atoms with van der Waals surface area (Å²) in [5.74, 6) is 1.47. The van der Waals surface area contributed by atoms with Gasteiger partial charge in [0.25, 0.3) is 5.56 Å². The van der Waals surface area contributed by atoms with Crippen LogP contribution in [0.3, 0.4) is 0 Å². The summed E-state index contributed by atoms with van der Waals surface area (Å²) in [5, 5.41) is 9.10. The number of H-pyrrole nitrogens is 1. The molecule has 280 valence electrons. The second-order valence-corrected chi connectivity index (χ2v) is 14.4. The molecule has 1 aliphatic rings. The second kappa shape index (κ2) is 19.7. The van der Waals surface area contributed by atoms with E-state index in [1.807, 2.05) is 84.0 Å². The highest BCUT2D eigenvalue weighted by Crippen LogP contribution is 2.31. The number of anilines is 2. The number of hydrogen-bond donors (Lipinski definition) is 7. The number of carbonyl (C=O) groups excluding carboxylic acids is 1. The zero-order valence-corrected chi connectivity index (χ0v) is 31.1. The van der Waals surface area contributed by atoms with Crippen molar-refractivity contribution in [2.45, 2.75) is 71.9 Å².